The Hall–Kier alpha value is -0.120. The maximum Gasteiger partial charge on any atom is 0.0110 e. The van der Waals surface area contributed by atoms with E-state index in [9.17, 15) is 0 Å². The van der Waals surface area contributed by atoms with Gasteiger partial charge in [0.15, 0.2) is 0 Å². The molecule has 0 radical (unpaired) electrons. The highest BCUT2D eigenvalue weighted by Gasteiger charge is 2.37. The van der Waals surface area contributed by atoms with Crippen molar-refractivity contribution in [1.82, 2.24) is 9.80 Å². The van der Waals surface area contributed by atoms with Gasteiger partial charge in [-0.3, -0.25) is 0 Å². The van der Waals surface area contributed by atoms with Gasteiger partial charge in [0.05, 0.1) is 0 Å². The molecule has 0 aromatic rings. The second kappa shape index (κ2) is 4.81. The van der Waals surface area contributed by atoms with E-state index in [1.165, 1.54) is 58.5 Å². The maximum atomic E-state index is 5.90. The first-order valence-corrected chi connectivity index (χ1v) is 6.43. The molecule has 2 fully saturated rings. The molecule has 1 saturated heterocycles. The SMILES string of the molecule is CCN1CCN(CC2(CN)CCC2)CC1. The maximum absolute atomic E-state index is 5.90. The fourth-order valence-corrected chi connectivity index (χ4v) is 2.84. The van der Waals surface area contributed by atoms with Crippen LogP contribution in [-0.4, -0.2) is 55.6 Å². The molecule has 0 bridgehead atoms. The van der Waals surface area contributed by atoms with Crippen LogP contribution < -0.4 is 5.73 Å². The zero-order valence-corrected chi connectivity index (χ0v) is 10.0. The molecule has 1 aliphatic carbocycles. The van der Waals surface area contributed by atoms with Gasteiger partial charge in [-0.1, -0.05) is 13.3 Å². The van der Waals surface area contributed by atoms with E-state index < -0.39 is 0 Å². The minimum Gasteiger partial charge on any atom is -0.330 e. The predicted molar refractivity (Wildman–Crippen MR) is 63.9 cm³/mol. The van der Waals surface area contributed by atoms with Crippen molar-refractivity contribution in [1.29, 1.82) is 0 Å². The van der Waals surface area contributed by atoms with Gasteiger partial charge in [0.2, 0.25) is 0 Å². The van der Waals surface area contributed by atoms with E-state index >= 15 is 0 Å². The molecule has 0 aromatic carbocycles. The van der Waals surface area contributed by atoms with Crippen LogP contribution in [0.2, 0.25) is 0 Å². The molecule has 2 rings (SSSR count). The van der Waals surface area contributed by atoms with Crippen LogP contribution in [0.1, 0.15) is 26.2 Å². The molecule has 0 amide bonds. The van der Waals surface area contributed by atoms with Crippen LogP contribution in [0, 0.1) is 5.41 Å². The van der Waals surface area contributed by atoms with Crippen molar-refractivity contribution < 1.29 is 0 Å². The summed E-state index contributed by atoms with van der Waals surface area (Å²) < 4.78 is 0. The first-order valence-electron chi connectivity index (χ1n) is 6.43. The number of nitrogens with zero attached hydrogens (tertiary/aromatic N) is 2. The summed E-state index contributed by atoms with van der Waals surface area (Å²) in [4.78, 5) is 5.16. The summed E-state index contributed by atoms with van der Waals surface area (Å²) in [6.07, 6.45) is 4.11. The molecular formula is C12H25N3. The Morgan fingerprint density at radius 3 is 2.07 bits per heavy atom. The van der Waals surface area contributed by atoms with Crippen LogP contribution in [0.5, 0.6) is 0 Å². The van der Waals surface area contributed by atoms with Gasteiger partial charge < -0.3 is 15.5 Å². The molecule has 1 saturated carbocycles. The van der Waals surface area contributed by atoms with E-state index in [0.717, 1.165) is 6.54 Å². The summed E-state index contributed by atoms with van der Waals surface area (Å²) in [6.45, 7) is 10.6. The Morgan fingerprint density at radius 1 is 1.07 bits per heavy atom. The number of rotatable bonds is 4. The molecule has 2 N–H and O–H groups in total. The Balaban J connectivity index is 1.76. The summed E-state index contributed by atoms with van der Waals surface area (Å²) in [5.74, 6) is 0. The number of piperazine rings is 1. The molecule has 3 nitrogen and oxygen atoms in total. The van der Waals surface area contributed by atoms with Crippen molar-refractivity contribution in [3.63, 3.8) is 0 Å². The highest BCUT2D eigenvalue weighted by molar-refractivity contribution is 4.92. The van der Waals surface area contributed by atoms with Crippen LogP contribution in [0.3, 0.4) is 0 Å². The normalized spacial score (nSPS) is 27.6. The lowest BCUT2D eigenvalue weighted by molar-refractivity contribution is 0.0449. The standard InChI is InChI=1S/C12H25N3/c1-2-14-6-8-15(9-7-14)11-12(10-13)4-3-5-12/h2-11,13H2,1H3. The highest BCUT2D eigenvalue weighted by atomic mass is 15.3. The lowest BCUT2D eigenvalue weighted by atomic mass is 9.68. The summed E-state index contributed by atoms with van der Waals surface area (Å²) in [7, 11) is 0. The van der Waals surface area contributed by atoms with Crippen molar-refractivity contribution in [3.05, 3.63) is 0 Å². The summed E-state index contributed by atoms with van der Waals surface area (Å²) in [6, 6.07) is 0. The Labute approximate surface area is 93.6 Å². The second-order valence-electron chi connectivity index (χ2n) is 5.27. The van der Waals surface area contributed by atoms with Gasteiger partial charge in [-0.2, -0.15) is 0 Å². The number of hydrogen-bond acceptors (Lipinski definition) is 3. The fourth-order valence-electron chi connectivity index (χ4n) is 2.84. The molecule has 3 heteroatoms. The van der Waals surface area contributed by atoms with Crippen LogP contribution in [-0.2, 0) is 0 Å². The van der Waals surface area contributed by atoms with Crippen molar-refractivity contribution in [2.45, 2.75) is 26.2 Å². The molecule has 0 spiro atoms. The Bertz CT molecular complexity index is 188. The summed E-state index contributed by atoms with van der Waals surface area (Å²) in [5, 5.41) is 0. The molecule has 0 unspecified atom stereocenters. The smallest absolute Gasteiger partial charge is 0.0110 e. The van der Waals surface area contributed by atoms with Gasteiger partial charge in [-0.25, -0.2) is 0 Å². The van der Waals surface area contributed by atoms with E-state index in [0.29, 0.717) is 5.41 Å². The highest BCUT2D eigenvalue weighted by Crippen LogP contribution is 2.40. The third-order valence-electron chi connectivity index (χ3n) is 4.32. The number of hydrogen-bond donors (Lipinski definition) is 1. The van der Waals surface area contributed by atoms with Crippen LogP contribution in [0.4, 0.5) is 0 Å². The molecular weight excluding hydrogens is 186 g/mol. The lowest BCUT2D eigenvalue weighted by Gasteiger charge is -2.46. The first kappa shape index (κ1) is 11.4. The third kappa shape index (κ3) is 2.52. The van der Waals surface area contributed by atoms with E-state index in [1.807, 2.05) is 0 Å². The fraction of sp³-hybridized carbons (Fsp3) is 1.00. The second-order valence-corrected chi connectivity index (χ2v) is 5.27. The van der Waals surface area contributed by atoms with Crippen molar-refractivity contribution in [2.24, 2.45) is 11.1 Å². The van der Waals surface area contributed by atoms with Crippen LogP contribution in [0.25, 0.3) is 0 Å². The topological polar surface area (TPSA) is 32.5 Å². The molecule has 1 heterocycles. The first-order chi connectivity index (χ1) is 7.28. The zero-order chi connectivity index (χ0) is 10.7. The molecule has 0 aromatic heterocycles. The van der Waals surface area contributed by atoms with Gasteiger partial charge in [0.25, 0.3) is 0 Å². The zero-order valence-electron chi connectivity index (χ0n) is 10.0. The average Bonchev–Trinajstić information content (AvgIpc) is 2.24. The Kier molecular flexibility index (Phi) is 3.65. The Morgan fingerprint density at radius 2 is 1.67 bits per heavy atom. The molecule has 0 atom stereocenters. The van der Waals surface area contributed by atoms with Crippen LogP contribution >= 0.6 is 0 Å². The quantitative estimate of drug-likeness (QED) is 0.745. The molecule has 1 aliphatic heterocycles. The molecule has 88 valence electrons. The largest absolute Gasteiger partial charge is 0.330 e. The average molecular weight is 211 g/mol. The predicted octanol–water partition coefficient (Wildman–Crippen LogP) is 0.753. The summed E-state index contributed by atoms with van der Waals surface area (Å²) >= 11 is 0. The number of likely N-dealkylation sites (N-methyl/N-ethyl adjacent to an activating group) is 1. The van der Waals surface area contributed by atoms with E-state index in [1.54, 1.807) is 0 Å². The van der Waals surface area contributed by atoms with Crippen molar-refractivity contribution >= 4 is 0 Å². The van der Waals surface area contributed by atoms with Gasteiger partial charge in [0.1, 0.15) is 0 Å². The van der Waals surface area contributed by atoms with Crippen molar-refractivity contribution in [3.8, 4) is 0 Å². The van der Waals surface area contributed by atoms with Gasteiger partial charge in [-0.05, 0) is 31.3 Å². The lowest BCUT2D eigenvalue weighted by Crippen LogP contribution is -2.53. The van der Waals surface area contributed by atoms with Gasteiger partial charge in [-0.15, -0.1) is 0 Å². The third-order valence-corrected chi connectivity index (χ3v) is 4.32. The molecule has 15 heavy (non-hydrogen) atoms. The minimum absolute atomic E-state index is 0.494. The van der Waals surface area contributed by atoms with E-state index in [4.69, 9.17) is 5.73 Å². The van der Waals surface area contributed by atoms with Crippen molar-refractivity contribution in [2.75, 3.05) is 45.8 Å². The minimum atomic E-state index is 0.494. The van der Waals surface area contributed by atoms with E-state index in [-0.39, 0.29) is 0 Å². The van der Waals surface area contributed by atoms with Gasteiger partial charge >= 0.3 is 0 Å². The summed E-state index contributed by atoms with van der Waals surface area (Å²) in [5.41, 5.74) is 6.40. The van der Waals surface area contributed by atoms with Gasteiger partial charge in [0, 0.05) is 32.7 Å². The van der Waals surface area contributed by atoms with E-state index in [2.05, 4.69) is 16.7 Å². The molecule has 2 aliphatic rings. The number of nitrogens with two attached hydrogens (primary N) is 1. The monoisotopic (exact) mass is 211 g/mol. The van der Waals surface area contributed by atoms with Crippen LogP contribution in [0.15, 0.2) is 0 Å².